The van der Waals surface area contributed by atoms with Crippen LogP contribution in [0, 0.1) is 0 Å². The fraction of sp³-hybridized carbons (Fsp3) is 0.200. The van der Waals surface area contributed by atoms with Crippen LogP contribution in [0.5, 0.6) is 0 Å². The highest BCUT2D eigenvalue weighted by molar-refractivity contribution is 6.30. The molecule has 156 valence electrons. The fourth-order valence-electron chi connectivity index (χ4n) is 4.64. The predicted octanol–water partition coefficient (Wildman–Crippen LogP) is 5.01. The number of amides is 1. The van der Waals surface area contributed by atoms with Crippen LogP contribution in [0.3, 0.4) is 0 Å². The second kappa shape index (κ2) is 7.75. The van der Waals surface area contributed by atoms with E-state index < -0.39 is 24.3 Å². The summed E-state index contributed by atoms with van der Waals surface area (Å²) in [4.78, 5) is 27.3. The molecular formula is C25H20ClNO4. The highest BCUT2D eigenvalue weighted by atomic mass is 35.5. The summed E-state index contributed by atoms with van der Waals surface area (Å²) in [5.41, 5.74) is 5.12. The van der Waals surface area contributed by atoms with Crippen LogP contribution in [0.2, 0.25) is 5.02 Å². The number of halogens is 1. The second-order valence-corrected chi connectivity index (χ2v) is 8.14. The van der Waals surface area contributed by atoms with Crippen LogP contribution in [-0.4, -0.2) is 36.3 Å². The first-order valence-corrected chi connectivity index (χ1v) is 10.5. The number of cyclic esters (lactones) is 1. The minimum Gasteiger partial charge on any atom is -0.453 e. The summed E-state index contributed by atoms with van der Waals surface area (Å²) in [7, 11) is 1.32. The molecule has 1 amide bonds. The van der Waals surface area contributed by atoms with E-state index in [1.165, 1.54) is 12.0 Å². The van der Waals surface area contributed by atoms with E-state index >= 15 is 0 Å². The van der Waals surface area contributed by atoms with Crippen LogP contribution in [-0.2, 0) is 20.7 Å². The zero-order chi connectivity index (χ0) is 21.5. The van der Waals surface area contributed by atoms with Crippen LogP contribution < -0.4 is 0 Å². The third-order valence-corrected chi connectivity index (χ3v) is 6.27. The molecule has 3 aromatic rings. The second-order valence-electron chi connectivity index (χ2n) is 7.70. The van der Waals surface area contributed by atoms with Crippen molar-refractivity contribution in [1.82, 2.24) is 4.90 Å². The van der Waals surface area contributed by atoms with Gasteiger partial charge in [0.05, 0.1) is 13.0 Å². The van der Waals surface area contributed by atoms with Gasteiger partial charge in [-0.3, -0.25) is 4.90 Å². The molecule has 0 unspecified atom stereocenters. The number of esters is 1. The molecule has 0 radical (unpaired) electrons. The summed E-state index contributed by atoms with van der Waals surface area (Å²) >= 11 is 5.99. The van der Waals surface area contributed by atoms with Crippen LogP contribution >= 0.6 is 11.6 Å². The average Bonchev–Trinajstić information content (AvgIpc) is 3.29. The summed E-state index contributed by atoms with van der Waals surface area (Å²) < 4.78 is 10.9. The molecule has 0 bridgehead atoms. The Labute approximate surface area is 185 Å². The third-order valence-electron chi connectivity index (χ3n) is 6.01. The van der Waals surface area contributed by atoms with Gasteiger partial charge in [0.25, 0.3) is 0 Å². The van der Waals surface area contributed by atoms with Crippen molar-refractivity contribution in [2.24, 2.45) is 0 Å². The number of ether oxygens (including phenoxy) is 2. The molecule has 0 saturated carbocycles. The highest BCUT2D eigenvalue weighted by Gasteiger charge is 2.51. The van der Waals surface area contributed by atoms with Crippen LogP contribution in [0.1, 0.15) is 22.6 Å². The zero-order valence-corrected chi connectivity index (χ0v) is 17.6. The summed E-state index contributed by atoms with van der Waals surface area (Å²) in [5, 5.41) is 0.611. The van der Waals surface area contributed by atoms with Crippen LogP contribution in [0.25, 0.3) is 11.1 Å². The number of carbonyl (C=O) groups is 2. The van der Waals surface area contributed by atoms with Gasteiger partial charge in [-0.05, 0) is 39.9 Å². The number of hydrogen-bond acceptors (Lipinski definition) is 4. The van der Waals surface area contributed by atoms with Crippen LogP contribution in [0.4, 0.5) is 4.79 Å². The summed E-state index contributed by atoms with van der Waals surface area (Å²) in [6.45, 7) is 0. The summed E-state index contributed by atoms with van der Waals surface area (Å²) in [6, 6.07) is 22.5. The molecule has 1 aliphatic carbocycles. The molecule has 31 heavy (non-hydrogen) atoms. The molecule has 1 aliphatic heterocycles. The maximum absolute atomic E-state index is 13.0. The maximum atomic E-state index is 13.0. The number of hydrogen-bond donors (Lipinski definition) is 0. The molecule has 5 rings (SSSR count). The summed E-state index contributed by atoms with van der Waals surface area (Å²) in [5.74, 6) is -0.724. The van der Waals surface area contributed by atoms with E-state index in [1.807, 2.05) is 48.5 Å². The predicted molar refractivity (Wildman–Crippen MR) is 117 cm³/mol. The minimum absolute atomic E-state index is 0.286. The molecule has 0 N–H and O–H groups in total. The summed E-state index contributed by atoms with van der Waals surface area (Å²) in [6.07, 6.45) is -1.06. The first-order chi connectivity index (χ1) is 15.1. The Bertz CT molecular complexity index is 1110. The molecule has 1 fully saturated rings. The van der Waals surface area contributed by atoms with Crippen molar-refractivity contribution in [2.45, 2.75) is 24.6 Å². The average molecular weight is 434 g/mol. The Balaban J connectivity index is 1.56. The van der Waals surface area contributed by atoms with Gasteiger partial charge in [0, 0.05) is 11.4 Å². The SMILES string of the molecule is COC(=O)N1[C@@H](Cc2ccc(Cl)cc2)C(=O)O[C@H]1C1c2ccccc2-c2ccccc21. The van der Waals surface area contributed by atoms with Crippen molar-refractivity contribution >= 4 is 23.7 Å². The lowest BCUT2D eigenvalue weighted by molar-refractivity contribution is -0.143. The lowest BCUT2D eigenvalue weighted by Gasteiger charge is -2.29. The zero-order valence-electron chi connectivity index (χ0n) is 16.8. The van der Waals surface area contributed by atoms with Crippen molar-refractivity contribution in [2.75, 3.05) is 7.11 Å². The van der Waals surface area contributed by atoms with Gasteiger partial charge >= 0.3 is 12.1 Å². The fourth-order valence-corrected chi connectivity index (χ4v) is 4.76. The van der Waals surface area contributed by atoms with Gasteiger partial charge in [-0.15, -0.1) is 0 Å². The molecular weight excluding hydrogens is 414 g/mol. The third kappa shape index (κ3) is 3.26. The number of fused-ring (bicyclic) bond motifs is 3. The normalized spacial score (nSPS) is 19.7. The number of carbonyl (C=O) groups excluding carboxylic acids is 2. The van der Waals surface area contributed by atoms with E-state index in [2.05, 4.69) is 12.1 Å². The number of benzene rings is 3. The quantitative estimate of drug-likeness (QED) is 0.544. The first kappa shape index (κ1) is 19.6. The van der Waals surface area contributed by atoms with E-state index in [1.54, 1.807) is 12.1 Å². The van der Waals surface area contributed by atoms with Gasteiger partial charge in [0.1, 0.15) is 6.04 Å². The lowest BCUT2D eigenvalue weighted by atomic mass is 9.94. The molecule has 1 heterocycles. The molecule has 1 saturated heterocycles. The van der Waals surface area contributed by atoms with E-state index in [0.29, 0.717) is 11.4 Å². The molecule has 6 heteroatoms. The van der Waals surface area contributed by atoms with Gasteiger partial charge < -0.3 is 9.47 Å². The topological polar surface area (TPSA) is 55.8 Å². The molecule has 0 spiro atoms. The first-order valence-electron chi connectivity index (χ1n) is 10.1. The van der Waals surface area contributed by atoms with Gasteiger partial charge in [-0.2, -0.15) is 0 Å². The van der Waals surface area contributed by atoms with Crippen LogP contribution in [0.15, 0.2) is 72.8 Å². The van der Waals surface area contributed by atoms with E-state index in [0.717, 1.165) is 27.8 Å². The molecule has 2 aliphatic rings. The van der Waals surface area contributed by atoms with Crippen molar-refractivity contribution < 1.29 is 19.1 Å². The number of methoxy groups -OCH3 is 1. The van der Waals surface area contributed by atoms with Gasteiger partial charge in [-0.25, -0.2) is 9.59 Å². The molecule has 2 atom stereocenters. The molecule has 0 aromatic heterocycles. The standard InChI is InChI=1S/C25H20ClNO4/c1-30-25(29)27-21(14-15-10-12-16(26)13-11-15)24(28)31-23(27)22-19-8-4-2-6-17(19)18-7-3-5-9-20(18)22/h2-13,21-23H,14H2,1H3/t21-,23-/m0/s1. The molecule has 5 nitrogen and oxygen atoms in total. The Morgan fingerprint density at radius 1 is 0.968 bits per heavy atom. The van der Waals surface area contributed by atoms with Crippen molar-refractivity contribution in [3.63, 3.8) is 0 Å². The van der Waals surface area contributed by atoms with Crippen molar-refractivity contribution in [1.29, 1.82) is 0 Å². The largest absolute Gasteiger partial charge is 0.453 e. The van der Waals surface area contributed by atoms with E-state index in [-0.39, 0.29) is 5.92 Å². The van der Waals surface area contributed by atoms with E-state index in [4.69, 9.17) is 21.1 Å². The Morgan fingerprint density at radius 3 is 2.13 bits per heavy atom. The van der Waals surface area contributed by atoms with Crippen molar-refractivity contribution in [3.05, 3.63) is 94.5 Å². The minimum atomic E-state index is -0.790. The van der Waals surface area contributed by atoms with E-state index in [9.17, 15) is 9.59 Å². The number of nitrogens with zero attached hydrogens (tertiary/aromatic N) is 1. The van der Waals surface area contributed by atoms with Gasteiger partial charge in [0.15, 0.2) is 6.23 Å². The highest BCUT2D eigenvalue weighted by Crippen LogP contribution is 2.49. The Morgan fingerprint density at radius 2 is 1.55 bits per heavy atom. The monoisotopic (exact) mass is 433 g/mol. The number of rotatable bonds is 3. The maximum Gasteiger partial charge on any atom is 0.413 e. The van der Waals surface area contributed by atoms with Crippen molar-refractivity contribution in [3.8, 4) is 11.1 Å². The van der Waals surface area contributed by atoms with Gasteiger partial charge in [0.2, 0.25) is 0 Å². The molecule has 3 aromatic carbocycles. The lowest BCUT2D eigenvalue weighted by Crippen LogP contribution is -2.45. The van der Waals surface area contributed by atoms with Gasteiger partial charge in [-0.1, -0.05) is 72.3 Å². The smallest absolute Gasteiger partial charge is 0.413 e. The Hall–Kier alpha value is -3.31. The Kier molecular flexibility index (Phi) is 4.91.